The Labute approximate surface area is 148 Å². The molecule has 0 aliphatic rings. The van der Waals surface area contributed by atoms with Gasteiger partial charge in [0.1, 0.15) is 0 Å². The van der Waals surface area contributed by atoms with Gasteiger partial charge >= 0.3 is 0 Å². The highest BCUT2D eigenvalue weighted by atomic mass is 127. The molecule has 0 radical (unpaired) electrons. The zero-order valence-electron chi connectivity index (χ0n) is 10.7. The maximum atomic E-state index is 12.3. The Balaban J connectivity index is 2.15. The lowest BCUT2D eigenvalue weighted by Gasteiger charge is -2.15. The molecule has 20 heavy (non-hydrogen) atoms. The smallest absolute Gasteiger partial charge is 0.252 e. The zero-order chi connectivity index (χ0) is 14.7. The summed E-state index contributed by atoms with van der Waals surface area (Å²) in [5.41, 5.74) is 1.73. The monoisotopic (exact) mass is 507 g/mol. The maximum absolute atomic E-state index is 12.3. The van der Waals surface area contributed by atoms with Crippen LogP contribution in [-0.4, -0.2) is 5.91 Å². The molecular formula is C15H12Br2INO. The fraction of sp³-hybridized carbons (Fsp3) is 0.133. The molecule has 1 unspecified atom stereocenters. The van der Waals surface area contributed by atoms with Crippen LogP contribution < -0.4 is 5.32 Å². The summed E-state index contributed by atoms with van der Waals surface area (Å²) >= 11 is 9.02. The number of halogens is 3. The molecule has 0 spiro atoms. The van der Waals surface area contributed by atoms with Crippen molar-refractivity contribution in [1.29, 1.82) is 0 Å². The number of hydrogen-bond donors (Lipinski definition) is 1. The molecule has 2 rings (SSSR count). The molecule has 104 valence electrons. The van der Waals surface area contributed by atoms with Crippen molar-refractivity contribution < 1.29 is 4.79 Å². The molecule has 0 saturated heterocycles. The van der Waals surface area contributed by atoms with E-state index in [4.69, 9.17) is 0 Å². The quantitative estimate of drug-likeness (QED) is 0.560. The first-order chi connectivity index (χ1) is 9.47. The number of nitrogens with one attached hydrogen (secondary N) is 1. The molecule has 0 aromatic heterocycles. The Hall–Kier alpha value is -0.400. The van der Waals surface area contributed by atoms with Crippen molar-refractivity contribution in [2.75, 3.05) is 0 Å². The van der Waals surface area contributed by atoms with Crippen LogP contribution in [0, 0.1) is 3.57 Å². The summed E-state index contributed by atoms with van der Waals surface area (Å²) in [5.74, 6) is -0.0780. The van der Waals surface area contributed by atoms with E-state index >= 15 is 0 Å². The predicted octanol–water partition coefficient (Wildman–Crippen LogP) is 5.31. The lowest BCUT2D eigenvalue weighted by Crippen LogP contribution is -2.27. The molecule has 2 aromatic rings. The van der Waals surface area contributed by atoms with Gasteiger partial charge in [-0.05, 0) is 81.3 Å². The summed E-state index contributed by atoms with van der Waals surface area (Å²) in [6.07, 6.45) is 0. The van der Waals surface area contributed by atoms with Crippen molar-refractivity contribution in [3.05, 3.63) is 66.1 Å². The average molecular weight is 509 g/mol. The van der Waals surface area contributed by atoms with Gasteiger partial charge in [0.25, 0.3) is 5.91 Å². The second-order valence-corrected chi connectivity index (χ2v) is 7.39. The van der Waals surface area contributed by atoms with Crippen LogP contribution in [0.5, 0.6) is 0 Å². The lowest BCUT2D eigenvalue weighted by atomic mass is 10.1. The van der Waals surface area contributed by atoms with E-state index in [9.17, 15) is 4.79 Å². The van der Waals surface area contributed by atoms with Gasteiger partial charge in [-0.3, -0.25) is 4.79 Å². The highest BCUT2D eigenvalue weighted by Gasteiger charge is 2.14. The minimum atomic E-state index is -0.0780. The van der Waals surface area contributed by atoms with Crippen LogP contribution in [0.3, 0.4) is 0 Å². The summed E-state index contributed by atoms with van der Waals surface area (Å²) in [5, 5.41) is 3.01. The number of carbonyl (C=O) groups excluding carboxylic acids is 1. The number of rotatable bonds is 3. The fourth-order valence-electron chi connectivity index (χ4n) is 1.78. The number of amides is 1. The molecule has 0 bridgehead atoms. The van der Waals surface area contributed by atoms with Gasteiger partial charge in [-0.25, -0.2) is 0 Å². The first-order valence-corrected chi connectivity index (χ1v) is 8.65. The Morgan fingerprint density at radius 3 is 2.45 bits per heavy atom. The molecule has 2 nitrogen and oxygen atoms in total. The first kappa shape index (κ1) is 16.0. The van der Waals surface area contributed by atoms with E-state index in [1.807, 2.05) is 49.4 Å². The normalized spacial score (nSPS) is 12.0. The van der Waals surface area contributed by atoms with Gasteiger partial charge in [-0.2, -0.15) is 0 Å². The van der Waals surface area contributed by atoms with E-state index in [0.717, 1.165) is 18.1 Å². The van der Waals surface area contributed by atoms with Gasteiger partial charge in [0.15, 0.2) is 0 Å². The SMILES string of the molecule is CC(NC(=O)c1cc(I)ccc1Br)c1ccc(Br)cc1. The molecule has 1 atom stereocenters. The highest BCUT2D eigenvalue weighted by molar-refractivity contribution is 14.1. The third-order valence-electron chi connectivity index (χ3n) is 2.89. The van der Waals surface area contributed by atoms with Gasteiger partial charge < -0.3 is 5.32 Å². The van der Waals surface area contributed by atoms with Gasteiger partial charge in [0.05, 0.1) is 11.6 Å². The molecule has 0 aliphatic heterocycles. The lowest BCUT2D eigenvalue weighted by molar-refractivity contribution is 0.0939. The number of hydrogen-bond acceptors (Lipinski definition) is 1. The van der Waals surface area contributed by atoms with Crippen LogP contribution in [0.25, 0.3) is 0 Å². The van der Waals surface area contributed by atoms with Crippen LogP contribution in [0.15, 0.2) is 51.4 Å². The summed E-state index contributed by atoms with van der Waals surface area (Å²) < 4.78 is 2.87. The molecule has 5 heteroatoms. The van der Waals surface area contributed by atoms with E-state index in [-0.39, 0.29) is 11.9 Å². The summed E-state index contributed by atoms with van der Waals surface area (Å²) in [6.45, 7) is 1.98. The Morgan fingerprint density at radius 2 is 1.80 bits per heavy atom. The molecule has 0 fully saturated rings. The van der Waals surface area contributed by atoms with Crippen LogP contribution in [0.1, 0.15) is 28.9 Å². The fourth-order valence-corrected chi connectivity index (χ4v) is 2.96. The zero-order valence-corrected chi connectivity index (χ0v) is 16.0. The summed E-state index contributed by atoms with van der Waals surface area (Å²) in [6, 6.07) is 13.6. The third kappa shape index (κ3) is 4.05. The summed E-state index contributed by atoms with van der Waals surface area (Å²) in [7, 11) is 0. The predicted molar refractivity (Wildman–Crippen MR) is 96.9 cm³/mol. The second-order valence-electron chi connectivity index (χ2n) is 4.37. The molecule has 2 aromatic carbocycles. The van der Waals surface area contributed by atoms with Crippen molar-refractivity contribution in [2.45, 2.75) is 13.0 Å². The molecular weight excluding hydrogens is 497 g/mol. The van der Waals surface area contributed by atoms with E-state index < -0.39 is 0 Å². The molecule has 1 N–H and O–H groups in total. The van der Waals surface area contributed by atoms with E-state index in [0.29, 0.717) is 5.56 Å². The van der Waals surface area contributed by atoms with Crippen LogP contribution >= 0.6 is 54.5 Å². The van der Waals surface area contributed by atoms with Gasteiger partial charge in [-0.15, -0.1) is 0 Å². The van der Waals surface area contributed by atoms with Crippen molar-refractivity contribution >= 4 is 60.4 Å². The summed E-state index contributed by atoms with van der Waals surface area (Å²) in [4.78, 5) is 12.3. The molecule has 0 heterocycles. The molecule has 0 saturated carbocycles. The van der Waals surface area contributed by atoms with Crippen LogP contribution in [0.4, 0.5) is 0 Å². The minimum Gasteiger partial charge on any atom is -0.345 e. The van der Waals surface area contributed by atoms with E-state index in [1.165, 1.54) is 0 Å². The molecule has 1 amide bonds. The standard InChI is InChI=1S/C15H12Br2INO/c1-9(10-2-4-11(16)5-3-10)19-15(20)13-8-12(18)6-7-14(13)17/h2-9H,1H3,(H,19,20). The minimum absolute atomic E-state index is 0.0413. The Kier molecular flexibility index (Phi) is 5.63. The highest BCUT2D eigenvalue weighted by Crippen LogP contribution is 2.21. The van der Waals surface area contributed by atoms with Gasteiger partial charge in [0, 0.05) is 12.5 Å². The topological polar surface area (TPSA) is 29.1 Å². The largest absolute Gasteiger partial charge is 0.345 e. The van der Waals surface area contributed by atoms with Crippen LogP contribution in [0.2, 0.25) is 0 Å². The molecule has 0 aliphatic carbocycles. The Bertz CT molecular complexity index is 628. The van der Waals surface area contributed by atoms with Crippen molar-refractivity contribution in [3.63, 3.8) is 0 Å². The number of carbonyl (C=O) groups is 1. The van der Waals surface area contributed by atoms with E-state index in [2.05, 4.69) is 59.8 Å². The van der Waals surface area contributed by atoms with Crippen molar-refractivity contribution in [1.82, 2.24) is 5.32 Å². The average Bonchev–Trinajstić information content (AvgIpc) is 2.42. The van der Waals surface area contributed by atoms with Crippen molar-refractivity contribution in [2.24, 2.45) is 0 Å². The number of benzene rings is 2. The van der Waals surface area contributed by atoms with Crippen LogP contribution in [-0.2, 0) is 0 Å². The van der Waals surface area contributed by atoms with E-state index in [1.54, 1.807) is 0 Å². The second kappa shape index (κ2) is 7.04. The first-order valence-electron chi connectivity index (χ1n) is 5.99. The van der Waals surface area contributed by atoms with Gasteiger partial charge in [-0.1, -0.05) is 28.1 Å². The van der Waals surface area contributed by atoms with Crippen molar-refractivity contribution in [3.8, 4) is 0 Å². The Morgan fingerprint density at radius 1 is 1.15 bits per heavy atom. The third-order valence-corrected chi connectivity index (χ3v) is 4.78. The van der Waals surface area contributed by atoms with Gasteiger partial charge in [0.2, 0.25) is 0 Å². The maximum Gasteiger partial charge on any atom is 0.252 e.